The standard InChI is InChI=1S/C25H24N2O5/c1-25(2,30)15-10-11-21(32-16-8-6-5-7-9-16)17(12-15)19-14-27(3)23(28)22-18(19)13-20(26-22)24(29)31-4/h5-14,26,30H,1-4H3. The van der Waals surface area contributed by atoms with E-state index in [4.69, 9.17) is 9.47 Å². The molecule has 0 unspecified atom stereocenters. The molecule has 2 N–H and O–H groups in total. The van der Waals surface area contributed by atoms with Gasteiger partial charge < -0.3 is 24.1 Å². The van der Waals surface area contributed by atoms with Crippen LogP contribution in [0.4, 0.5) is 0 Å². The van der Waals surface area contributed by atoms with E-state index in [1.54, 1.807) is 45.3 Å². The number of methoxy groups -OCH3 is 1. The maximum atomic E-state index is 12.7. The molecule has 0 aliphatic heterocycles. The number of aromatic amines is 1. The summed E-state index contributed by atoms with van der Waals surface area (Å²) in [5.74, 6) is 0.625. The molecule has 7 heteroatoms. The lowest BCUT2D eigenvalue weighted by Gasteiger charge is -2.21. The fourth-order valence-corrected chi connectivity index (χ4v) is 3.59. The third kappa shape index (κ3) is 3.90. The van der Waals surface area contributed by atoms with Gasteiger partial charge in [-0.2, -0.15) is 0 Å². The number of nitrogens with zero attached hydrogens (tertiary/aromatic N) is 1. The molecule has 0 bridgehead atoms. The number of fused-ring (bicyclic) bond motifs is 1. The molecule has 0 radical (unpaired) electrons. The number of para-hydroxylation sites is 1. The summed E-state index contributed by atoms with van der Waals surface area (Å²) < 4.78 is 12.4. The van der Waals surface area contributed by atoms with Gasteiger partial charge in [0.05, 0.1) is 12.7 Å². The van der Waals surface area contributed by atoms with Crippen molar-refractivity contribution in [1.82, 2.24) is 9.55 Å². The van der Waals surface area contributed by atoms with Gasteiger partial charge in [0.25, 0.3) is 5.56 Å². The number of aryl methyl sites for hydroxylation is 1. The minimum absolute atomic E-state index is 0.177. The third-order valence-corrected chi connectivity index (χ3v) is 5.32. The van der Waals surface area contributed by atoms with E-state index >= 15 is 0 Å². The molecule has 32 heavy (non-hydrogen) atoms. The number of aromatic nitrogens is 2. The molecule has 0 atom stereocenters. The number of ether oxygens (including phenoxy) is 2. The second-order valence-corrected chi connectivity index (χ2v) is 8.11. The first-order chi connectivity index (χ1) is 15.2. The Bertz CT molecular complexity index is 1360. The molecular weight excluding hydrogens is 408 g/mol. The van der Waals surface area contributed by atoms with Crippen LogP contribution in [0.5, 0.6) is 11.5 Å². The van der Waals surface area contributed by atoms with Gasteiger partial charge in [-0.25, -0.2) is 4.79 Å². The number of carbonyl (C=O) groups is 1. The fraction of sp³-hybridized carbons (Fsp3) is 0.200. The summed E-state index contributed by atoms with van der Waals surface area (Å²) in [4.78, 5) is 27.7. The van der Waals surface area contributed by atoms with Crippen molar-refractivity contribution in [2.75, 3.05) is 7.11 Å². The van der Waals surface area contributed by atoms with Crippen LogP contribution < -0.4 is 10.3 Å². The zero-order valence-electron chi connectivity index (χ0n) is 18.3. The molecule has 0 fully saturated rings. The number of benzene rings is 2. The first-order valence-electron chi connectivity index (χ1n) is 10.1. The van der Waals surface area contributed by atoms with Crippen LogP contribution in [0, 0.1) is 0 Å². The highest BCUT2D eigenvalue weighted by atomic mass is 16.5. The summed E-state index contributed by atoms with van der Waals surface area (Å²) in [5, 5.41) is 11.2. The van der Waals surface area contributed by atoms with Gasteiger partial charge in [-0.15, -0.1) is 0 Å². The molecule has 164 valence electrons. The minimum atomic E-state index is -1.09. The monoisotopic (exact) mass is 432 g/mol. The van der Waals surface area contributed by atoms with E-state index in [2.05, 4.69) is 4.98 Å². The van der Waals surface area contributed by atoms with Crippen molar-refractivity contribution in [2.45, 2.75) is 19.4 Å². The first kappa shape index (κ1) is 21.4. The zero-order chi connectivity index (χ0) is 23.0. The fourth-order valence-electron chi connectivity index (χ4n) is 3.59. The maximum Gasteiger partial charge on any atom is 0.354 e. The number of rotatable bonds is 5. The second kappa shape index (κ2) is 8.01. The molecule has 4 aromatic rings. The molecule has 0 spiro atoms. The smallest absolute Gasteiger partial charge is 0.354 e. The van der Waals surface area contributed by atoms with Crippen LogP contribution in [-0.4, -0.2) is 27.7 Å². The maximum absolute atomic E-state index is 12.7. The lowest BCUT2D eigenvalue weighted by atomic mass is 9.93. The largest absolute Gasteiger partial charge is 0.464 e. The Morgan fingerprint density at radius 2 is 1.78 bits per heavy atom. The van der Waals surface area contributed by atoms with Gasteiger partial charge in [-0.05, 0) is 49.7 Å². The molecular formula is C25H24N2O5. The number of hydrogen-bond acceptors (Lipinski definition) is 5. The quantitative estimate of drug-likeness (QED) is 0.458. The Balaban J connectivity index is 2.00. The zero-order valence-corrected chi connectivity index (χ0v) is 18.3. The van der Waals surface area contributed by atoms with Crippen LogP contribution >= 0.6 is 0 Å². The third-order valence-electron chi connectivity index (χ3n) is 5.32. The number of pyridine rings is 1. The Kier molecular flexibility index (Phi) is 5.36. The highest BCUT2D eigenvalue weighted by Gasteiger charge is 2.22. The van der Waals surface area contributed by atoms with E-state index in [9.17, 15) is 14.7 Å². The van der Waals surface area contributed by atoms with Gasteiger partial charge in [-0.3, -0.25) is 4.79 Å². The predicted octanol–water partition coefficient (Wildman–Crippen LogP) is 4.34. The normalized spacial score (nSPS) is 11.5. The summed E-state index contributed by atoms with van der Waals surface area (Å²) in [5.41, 5.74) is 1.12. The molecule has 0 aliphatic rings. The van der Waals surface area contributed by atoms with E-state index in [0.29, 0.717) is 33.6 Å². The lowest BCUT2D eigenvalue weighted by Crippen LogP contribution is -2.17. The Morgan fingerprint density at radius 3 is 2.44 bits per heavy atom. The van der Waals surface area contributed by atoms with E-state index in [1.165, 1.54) is 11.7 Å². The van der Waals surface area contributed by atoms with Crippen molar-refractivity contribution < 1.29 is 19.4 Å². The Labute approximate surface area is 184 Å². The van der Waals surface area contributed by atoms with Crippen molar-refractivity contribution in [3.63, 3.8) is 0 Å². The predicted molar refractivity (Wildman–Crippen MR) is 122 cm³/mol. The molecule has 4 rings (SSSR count). The molecule has 7 nitrogen and oxygen atoms in total. The average Bonchev–Trinajstić information content (AvgIpc) is 3.22. The number of carbonyl (C=O) groups excluding carboxylic acids is 1. The van der Waals surface area contributed by atoms with Crippen LogP contribution in [0.3, 0.4) is 0 Å². The summed E-state index contributed by atoms with van der Waals surface area (Å²) in [7, 11) is 2.92. The molecule has 0 amide bonds. The molecule has 0 aliphatic carbocycles. The van der Waals surface area contributed by atoms with Gasteiger partial charge in [0.2, 0.25) is 0 Å². The highest BCUT2D eigenvalue weighted by molar-refractivity contribution is 6.01. The Morgan fingerprint density at radius 1 is 1.06 bits per heavy atom. The number of nitrogens with one attached hydrogen (secondary N) is 1. The summed E-state index contributed by atoms with van der Waals surface area (Å²) in [6, 6.07) is 16.4. The number of esters is 1. The van der Waals surface area contributed by atoms with Crippen molar-refractivity contribution >= 4 is 16.9 Å². The van der Waals surface area contributed by atoms with Crippen LogP contribution in [0.25, 0.3) is 22.0 Å². The molecule has 2 aromatic carbocycles. The second-order valence-electron chi connectivity index (χ2n) is 8.11. The number of H-pyrrole nitrogens is 1. The van der Waals surface area contributed by atoms with E-state index in [0.717, 1.165) is 0 Å². The summed E-state index contributed by atoms with van der Waals surface area (Å²) in [6.45, 7) is 3.40. The van der Waals surface area contributed by atoms with Crippen LogP contribution in [0.15, 0.2) is 65.6 Å². The molecule has 0 saturated heterocycles. The van der Waals surface area contributed by atoms with E-state index in [1.807, 2.05) is 36.4 Å². The SMILES string of the molecule is COC(=O)c1cc2c(-c3cc(C(C)(C)O)ccc3Oc3ccccc3)cn(C)c(=O)c2[nH]1. The van der Waals surface area contributed by atoms with Crippen molar-refractivity contribution in [3.05, 3.63) is 82.4 Å². The van der Waals surface area contributed by atoms with Gasteiger partial charge in [0, 0.05) is 29.8 Å². The van der Waals surface area contributed by atoms with Crippen molar-refractivity contribution in [2.24, 2.45) is 7.05 Å². The van der Waals surface area contributed by atoms with Gasteiger partial charge in [0.15, 0.2) is 0 Å². The molecule has 0 saturated carbocycles. The number of aliphatic hydroxyl groups is 1. The Hall–Kier alpha value is -3.84. The van der Waals surface area contributed by atoms with E-state index in [-0.39, 0.29) is 16.8 Å². The highest BCUT2D eigenvalue weighted by Crippen LogP contribution is 2.39. The van der Waals surface area contributed by atoms with Crippen molar-refractivity contribution in [1.29, 1.82) is 0 Å². The van der Waals surface area contributed by atoms with Crippen LogP contribution in [0.1, 0.15) is 29.9 Å². The minimum Gasteiger partial charge on any atom is -0.464 e. The van der Waals surface area contributed by atoms with Gasteiger partial charge >= 0.3 is 5.97 Å². The summed E-state index contributed by atoms with van der Waals surface area (Å²) in [6.07, 6.45) is 1.70. The van der Waals surface area contributed by atoms with Gasteiger partial charge in [0.1, 0.15) is 22.7 Å². The van der Waals surface area contributed by atoms with Gasteiger partial charge in [-0.1, -0.05) is 24.3 Å². The molecule has 2 aromatic heterocycles. The topological polar surface area (TPSA) is 93.6 Å². The van der Waals surface area contributed by atoms with E-state index < -0.39 is 11.6 Å². The van der Waals surface area contributed by atoms with Crippen LogP contribution in [-0.2, 0) is 17.4 Å². The summed E-state index contributed by atoms with van der Waals surface area (Å²) >= 11 is 0. The first-order valence-corrected chi connectivity index (χ1v) is 10.1. The molecule has 2 heterocycles. The van der Waals surface area contributed by atoms with Crippen molar-refractivity contribution in [3.8, 4) is 22.6 Å². The lowest BCUT2D eigenvalue weighted by molar-refractivity contribution is 0.0595. The average molecular weight is 432 g/mol. The number of hydrogen-bond donors (Lipinski definition) is 2. The van der Waals surface area contributed by atoms with Crippen LogP contribution in [0.2, 0.25) is 0 Å².